The normalized spacial score (nSPS) is 16.9. The number of rotatable bonds is 9. The summed E-state index contributed by atoms with van der Waals surface area (Å²) in [4.78, 5) is 33.0. The molecule has 2 aromatic heterocycles. The molecule has 7 nitrogen and oxygen atoms in total. The SMILES string of the molecule is CC[NH+](CC)CCCN1C(=O)C(O)=C(C(=O)c2ccc(C)o2)[C@@H]1c1ccncc1. The number of hydrogen-bond donors (Lipinski definition) is 2. The third-order valence-corrected chi connectivity index (χ3v) is 5.46. The van der Waals surface area contributed by atoms with Gasteiger partial charge in [-0.15, -0.1) is 0 Å². The molecule has 29 heavy (non-hydrogen) atoms. The number of furan rings is 1. The van der Waals surface area contributed by atoms with Gasteiger partial charge in [-0.2, -0.15) is 0 Å². The number of quaternary nitrogens is 1. The number of nitrogens with one attached hydrogen (secondary N) is 1. The Balaban J connectivity index is 1.91. The van der Waals surface area contributed by atoms with Crippen molar-refractivity contribution in [3.63, 3.8) is 0 Å². The summed E-state index contributed by atoms with van der Waals surface area (Å²) in [6, 6.07) is 6.13. The van der Waals surface area contributed by atoms with E-state index < -0.39 is 23.5 Å². The van der Waals surface area contributed by atoms with Gasteiger partial charge in [-0.1, -0.05) is 0 Å². The van der Waals surface area contributed by atoms with Gasteiger partial charge >= 0.3 is 0 Å². The molecule has 0 fully saturated rings. The standard InChI is InChI=1S/C22H27N3O4/c1-4-24(5-2)13-6-14-25-19(16-9-11-23-12-10-16)18(21(27)22(25)28)20(26)17-8-7-15(3)29-17/h7-12,19,27H,4-6,13-14H2,1-3H3/p+1/t19-/m0/s1. The monoisotopic (exact) mass is 398 g/mol. The summed E-state index contributed by atoms with van der Waals surface area (Å²) in [6.07, 6.45) is 4.01. The zero-order valence-corrected chi connectivity index (χ0v) is 17.1. The smallest absolute Gasteiger partial charge is 0.290 e. The summed E-state index contributed by atoms with van der Waals surface area (Å²) in [5.41, 5.74) is 0.796. The fourth-order valence-electron chi connectivity index (χ4n) is 3.80. The number of amides is 1. The van der Waals surface area contributed by atoms with Gasteiger partial charge in [0.1, 0.15) is 5.76 Å². The molecule has 0 spiro atoms. The Labute approximate surface area is 170 Å². The molecular weight excluding hydrogens is 370 g/mol. The highest BCUT2D eigenvalue weighted by Gasteiger charge is 2.44. The predicted octanol–water partition coefficient (Wildman–Crippen LogP) is 1.88. The lowest BCUT2D eigenvalue weighted by Crippen LogP contribution is -3.11. The Morgan fingerprint density at radius 2 is 1.90 bits per heavy atom. The molecule has 154 valence electrons. The van der Waals surface area contributed by atoms with Gasteiger partial charge in [0.25, 0.3) is 5.91 Å². The van der Waals surface area contributed by atoms with Crippen molar-refractivity contribution in [1.29, 1.82) is 0 Å². The second-order valence-electron chi connectivity index (χ2n) is 7.24. The number of hydrogen-bond acceptors (Lipinski definition) is 5. The van der Waals surface area contributed by atoms with Crippen LogP contribution in [-0.4, -0.2) is 52.9 Å². The molecule has 3 heterocycles. The number of pyridine rings is 1. The average Bonchev–Trinajstić information content (AvgIpc) is 3.28. The van der Waals surface area contributed by atoms with Crippen molar-refractivity contribution >= 4 is 11.7 Å². The molecule has 1 aliphatic heterocycles. The Hall–Kier alpha value is -2.93. The van der Waals surface area contributed by atoms with Crippen molar-refractivity contribution < 1.29 is 24.0 Å². The zero-order chi connectivity index (χ0) is 21.0. The minimum atomic E-state index is -0.657. The molecule has 0 unspecified atom stereocenters. The number of carbonyl (C=O) groups excluding carboxylic acids is 2. The first-order chi connectivity index (χ1) is 14.0. The largest absolute Gasteiger partial charge is 0.503 e. The zero-order valence-electron chi connectivity index (χ0n) is 17.1. The molecule has 0 saturated carbocycles. The van der Waals surface area contributed by atoms with E-state index in [-0.39, 0.29) is 11.3 Å². The van der Waals surface area contributed by atoms with Crippen molar-refractivity contribution in [3.05, 3.63) is 65.1 Å². The summed E-state index contributed by atoms with van der Waals surface area (Å²) in [6.45, 7) is 9.42. The number of Topliss-reactive ketones (excluding diaryl/α,β-unsaturated/α-hetero) is 1. The minimum Gasteiger partial charge on any atom is -0.503 e. The summed E-state index contributed by atoms with van der Waals surface area (Å²) < 4.78 is 5.46. The van der Waals surface area contributed by atoms with E-state index in [4.69, 9.17) is 4.42 Å². The van der Waals surface area contributed by atoms with Gasteiger partial charge in [0.2, 0.25) is 5.78 Å². The number of aliphatic hydroxyl groups excluding tert-OH is 1. The first-order valence-electron chi connectivity index (χ1n) is 10.1. The van der Waals surface area contributed by atoms with Gasteiger partial charge < -0.3 is 19.3 Å². The van der Waals surface area contributed by atoms with E-state index in [2.05, 4.69) is 18.8 Å². The van der Waals surface area contributed by atoms with Crippen molar-refractivity contribution in [2.24, 2.45) is 0 Å². The Morgan fingerprint density at radius 3 is 2.48 bits per heavy atom. The highest BCUT2D eigenvalue weighted by molar-refractivity contribution is 6.15. The van der Waals surface area contributed by atoms with Crippen molar-refractivity contribution in [1.82, 2.24) is 9.88 Å². The molecule has 0 aromatic carbocycles. The minimum absolute atomic E-state index is 0.0609. The van der Waals surface area contributed by atoms with Crippen LogP contribution in [0.15, 0.2) is 52.4 Å². The summed E-state index contributed by atoms with van der Waals surface area (Å²) >= 11 is 0. The molecule has 1 atom stereocenters. The maximum absolute atomic E-state index is 13.1. The van der Waals surface area contributed by atoms with Gasteiger partial charge in [-0.05, 0) is 50.6 Å². The second kappa shape index (κ2) is 9.05. The van der Waals surface area contributed by atoms with Crippen LogP contribution in [0.3, 0.4) is 0 Å². The van der Waals surface area contributed by atoms with Crippen molar-refractivity contribution in [2.45, 2.75) is 33.2 Å². The molecule has 2 N–H and O–H groups in total. The van der Waals surface area contributed by atoms with Crippen LogP contribution >= 0.6 is 0 Å². The van der Waals surface area contributed by atoms with Gasteiger partial charge in [-0.3, -0.25) is 14.6 Å². The van der Waals surface area contributed by atoms with E-state index >= 15 is 0 Å². The second-order valence-corrected chi connectivity index (χ2v) is 7.24. The molecule has 0 radical (unpaired) electrons. The summed E-state index contributed by atoms with van der Waals surface area (Å²) in [5, 5.41) is 10.6. The Kier molecular flexibility index (Phi) is 6.49. The van der Waals surface area contributed by atoms with Gasteiger partial charge in [0, 0.05) is 25.4 Å². The number of aryl methyl sites for hydroxylation is 1. The van der Waals surface area contributed by atoms with Crippen LogP contribution in [0.5, 0.6) is 0 Å². The van der Waals surface area contributed by atoms with Crippen LogP contribution in [0.2, 0.25) is 0 Å². The van der Waals surface area contributed by atoms with Crippen LogP contribution in [0.25, 0.3) is 0 Å². The highest BCUT2D eigenvalue weighted by Crippen LogP contribution is 2.38. The van der Waals surface area contributed by atoms with E-state index in [0.29, 0.717) is 12.3 Å². The molecule has 1 aliphatic rings. The molecular formula is C22H28N3O4+. The first-order valence-corrected chi connectivity index (χ1v) is 10.1. The predicted molar refractivity (Wildman–Crippen MR) is 108 cm³/mol. The van der Waals surface area contributed by atoms with E-state index in [9.17, 15) is 14.7 Å². The summed E-state index contributed by atoms with van der Waals surface area (Å²) in [5.74, 6) is -0.778. The molecule has 3 rings (SSSR count). The van der Waals surface area contributed by atoms with Crippen LogP contribution in [-0.2, 0) is 4.79 Å². The molecule has 0 aliphatic carbocycles. The third kappa shape index (κ3) is 4.24. The maximum Gasteiger partial charge on any atom is 0.290 e. The Bertz CT molecular complexity index is 900. The number of aromatic nitrogens is 1. The van der Waals surface area contributed by atoms with Gasteiger partial charge in [0.15, 0.2) is 11.5 Å². The van der Waals surface area contributed by atoms with Crippen molar-refractivity contribution in [2.75, 3.05) is 26.2 Å². The lowest BCUT2D eigenvalue weighted by Gasteiger charge is -2.27. The van der Waals surface area contributed by atoms with Crippen LogP contribution in [0.1, 0.15) is 48.2 Å². The lowest BCUT2D eigenvalue weighted by atomic mass is 9.96. The van der Waals surface area contributed by atoms with E-state index in [1.54, 1.807) is 48.5 Å². The third-order valence-electron chi connectivity index (χ3n) is 5.46. The number of aliphatic hydroxyl groups is 1. The average molecular weight is 398 g/mol. The van der Waals surface area contributed by atoms with Crippen LogP contribution in [0.4, 0.5) is 0 Å². The van der Waals surface area contributed by atoms with E-state index in [1.807, 2.05) is 0 Å². The Morgan fingerprint density at radius 1 is 1.21 bits per heavy atom. The number of nitrogens with zero attached hydrogens (tertiary/aromatic N) is 2. The van der Waals surface area contributed by atoms with E-state index in [0.717, 1.165) is 31.6 Å². The molecule has 1 amide bonds. The number of ketones is 1. The topological polar surface area (TPSA) is 88.1 Å². The quantitative estimate of drug-likeness (QED) is 0.630. The maximum atomic E-state index is 13.1. The van der Waals surface area contributed by atoms with Crippen molar-refractivity contribution in [3.8, 4) is 0 Å². The lowest BCUT2D eigenvalue weighted by molar-refractivity contribution is -0.896. The fraction of sp³-hybridized carbons (Fsp3) is 0.409. The molecule has 0 saturated heterocycles. The first kappa shape index (κ1) is 20.8. The fourth-order valence-corrected chi connectivity index (χ4v) is 3.80. The molecule has 2 aromatic rings. The molecule has 0 bridgehead atoms. The van der Waals surface area contributed by atoms with Gasteiger partial charge in [0.05, 0.1) is 31.2 Å². The van der Waals surface area contributed by atoms with Crippen LogP contribution < -0.4 is 4.90 Å². The van der Waals surface area contributed by atoms with E-state index in [1.165, 1.54) is 4.90 Å². The summed E-state index contributed by atoms with van der Waals surface area (Å²) in [7, 11) is 0. The van der Waals surface area contributed by atoms with Gasteiger partial charge in [-0.25, -0.2) is 0 Å². The molecule has 7 heteroatoms. The highest BCUT2D eigenvalue weighted by atomic mass is 16.3. The van der Waals surface area contributed by atoms with Crippen LogP contribution in [0, 0.1) is 6.92 Å². The number of carbonyl (C=O) groups is 2.